The number of nitrogens with one attached hydrogen (secondary N) is 2. The van der Waals surface area contributed by atoms with E-state index in [2.05, 4.69) is 50.7 Å². The van der Waals surface area contributed by atoms with Gasteiger partial charge in [-0.25, -0.2) is 4.52 Å². The first kappa shape index (κ1) is 29.0. The van der Waals surface area contributed by atoms with Gasteiger partial charge in [0.05, 0.1) is 61.3 Å². The van der Waals surface area contributed by atoms with Crippen molar-refractivity contribution in [1.82, 2.24) is 30.1 Å². The number of carbonyl (C=O) groups excluding carboxylic acids is 1. The van der Waals surface area contributed by atoms with Gasteiger partial charge in [0.1, 0.15) is 6.07 Å². The number of nitriles is 1. The zero-order valence-electron chi connectivity index (χ0n) is 24.8. The molecule has 1 unspecified atom stereocenters. The van der Waals surface area contributed by atoms with Crippen LogP contribution < -0.4 is 15.5 Å². The van der Waals surface area contributed by atoms with Gasteiger partial charge in [-0.05, 0) is 62.8 Å². The Balaban J connectivity index is 1.20. The van der Waals surface area contributed by atoms with Crippen LogP contribution in [0.3, 0.4) is 0 Å². The summed E-state index contributed by atoms with van der Waals surface area (Å²) in [6, 6.07) is 10.2. The third-order valence-electron chi connectivity index (χ3n) is 8.19. The highest BCUT2D eigenvalue weighted by Gasteiger charge is 2.43. The fourth-order valence-electron chi connectivity index (χ4n) is 6.15. The van der Waals surface area contributed by atoms with Crippen LogP contribution in [0.15, 0.2) is 36.7 Å². The number of carbonyl (C=O) groups is 1. The number of amides is 1. The first-order valence-corrected chi connectivity index (χ1v) is 15.5. The summed E-state index contributed by atoms with van der Waals surface area (Å²) in [6.45, 7) is 6.09. The third kappa shape index (κ3) is 6.17. The van der Waals surface area contributed by atoms with Crippen LogP contribution in [0.4, 0.5) is 10.8 Å². The molecule has 43 heavy (non-hydrogen) atoms. The third-order valence-corrected chi connectivity index (χ3v) is 9.21. The van der Waals surface area contributed by atoms with Crippen molar-refractivity contribution in [1.29, 1.82) is 5.26 Å². The molecule has 1 aliphatic carbocycles. The van der Waals surface area contributed by atoms with Gasteiger partial charge in [0.15, 0.2) is 5.01 Å². The van der Waals surface area contributed by atoms with Crippen molar-refractivity contribution in [2.45, 2.75) is 45.2 Å². The Bertz CT molecular complexity index is 1670. The quantitative estimate of drug-likeness (QED) is 0.216. The van der Waals surface area contributed by atoms with Crippen LogP contribution in [0, 0.1) is 28.4 Å². The summed E-state index contributed by atoms with van der Waals surface area (Å²) in [7, 11) is 3.12. The molecular formula is C30H36N10O2S. The predicted molar refractivity (Wildman–Crippen MR) is 166 cm³/mol. The molecule has 2 N–H and O–H groups in total. The normalized spacial score (nSPS) is 20.0. The molecule has 1 aliphatic heterocycles. The smallest absolute Gasteiger partial charge is 0.225 e. The largest absolute Gasteiger partial charge is 0.633 e. The lowest BCUT2D eigenvalue weighted by Gasteiger charge is -2.38. The Labute approximate surface area is 254 Å². The van der Waals surface area contributed by atoms with Crippen LogP contribution in [0.5, 0.6) is 0 Å². The Kier molecular flexibility index (Phi) is 7.76. The summed E-state index contributed by atoms with van der Waals surface area (Å²) in [6.07, 6.45) is 5.76. The number of pyridine rings is 1. The molecule has 1 saturated heterocycles. The van der Waals surface area contributed by atoms with Crippen molar-refractivity contribution in [3.63, 3.8) is 0 Å². The van der Waals surface area contributed by atoms with Gasteiger partial charge in [0.2, 0.25) is 11.0 Å². The Morgan fingerprint density at radius 3 is 2.65 bits per heavy atom. The molecule has 13 heteroatoms. The molecule has 1 saturated carbocycles. The highest BCUT2D eigenvalue weighted by Crippen LogP contribution is 2.41. The predicted octanol–water partition coefficient (Wildman–Crippen LogP) is 3.90. The number of nitrogens with zero attached hydrogens (tertiary/aromatic N) is 8. The zero-order chi connectivity index (χ0) is 30.3. The molecule has 1 amide bonds. The first-order chi connectivity index (χ1) is 20.6. The van der Waals surface area contributed by atoms with Crippen molar-refractivity contribution in [3.05, 3.63) is 47.4 Å². The van der Waals surface area contributed by atoms with Crippen LogP contribution in [0.2, 0.25) is 0 Å². The minimum Gasteiger partial charge on any atom is -0.633 e. The molecule has 0 radical (unpaired) electrons. The average molecular weight is 601 g/mol. The van der Waals surface area contributed by atoms with Crippen molar-refractivity contribution < 1.29 is 9.44 Å². The second kappa shape index (κ2) is 11.5. The monoisotopic (exact) mass is 600 g/mol. The van der Waals surface area contributed by atoms with E-state index in [9.17, 15) is 15.3 Å². The van der Waals surface area contributed by atoms with Gasteiger partial charge >= 0.3 is 0 Å². The molecule has 6 rings (SSSR count). The highest BCUT2D eigenvalue weighted by atomic mass is 32.1. The lowest BCUT2D eigenvalue weighted by atomic mass is 9.92. The van der Waals surface area contributed by atoms with Crippen LogP contribution in [-0.4, -0.2) is 81.2 Å². The number of hydroxylamine groups is 3. The fourth-order valence-corrected chi connectivity index (χ4v) is 7.03. The van der Waals surface area contributed by atoms with Gasteiger partial charge in [0, 0.05) is 37.1 Å². The number of anilines is 2. The standard InChI is InChI=1S/C30H36N10O2S/c1-18(2)34-24-12-25(26-8-7-22-11-19(13-31)14-33-39(22)26)32-15-23(24)29-36-37-30(43-29)38-16-20-5-6-21(17-38)28(20)35-27(41)9-10-40(3,4)42/h7-8,11-12,14-15,18,20-21,28H,5-6,9-10,16-17H2,1-4H3,(H,32,34)(H,35,41)/t20-,21+,28?. The molecule has 4 aromatic rings. The average Bonchev–Trinajstić information content (AvgIpc) is 3.67. The van der Waals surface area contributed by atoms with Crippen molar-refractivity contribution in [3.8, 4) is 28.0 Å². The van der Waals surface area contributed by atoms with E-state index in [1.165, 1.54) is 0 Å². The molecular weight excluding hydrogens is 564 g/mol. The maximum atomic E-state index is 12.6. The number of fused-ring (bicyclic) bond motifs is 3. The van der Waals surface area contributed by atoms with Gasteiger partial charge in [-0.15, -0.1) is 10.2 Å². The highest BCUT2D eigenvalue weighted by molar-refractivity contribution is 7.18. The summed E-state index contributed by atoms with van der Waals surface area (Å²) in [5, 5.41) is 43.1. The number of hydrogen-bond donors (Lipinski definition) is 2. The van der Waals surface area contributed by atoms with E-state index in [0.29, 0.717) is 17.4 Å². The van der Waals surface area contributed by atoms with Gasteiger partial charge in [-0.1, -0.05) is 11.3 Å². The maximum Gasteiger partial charge on any atom is 0.225 e. The maximum absolute atomic E-state index is 12.6. The molecule has 0 spiro atoms. The Morgan fingerprint density at radius 1 is 1.19 bits per heavy atom. The van der Waals surface area contributed by atoms with Gasteiger partial charge in [-0.3, -0.25) is 9.78 Å². The number of rotatable bonds is 9. The number of piperidine rings is 1. The van der Waals surface area contributed by atoms with E-state index in [1.807, 2.05) is 24.4 Å². The first-order valence-electron chi connectivity index (χ1n) is 14.6. The van der Waals surface area contributed by atoms with Crippen LogP contribution in [0.1, 0.15) is 38.7 Å². The fraction of sp³-hybridized carbons (Fsp3) is 0.467. The SMILES string of the molecule is CC(C)Nc1cc(-c2ccc3cc(C#N)cnn23)ncc1-c1nnc(N2C[C@H]3CC[C@@H](C2)C3NC(=O)CC[N+](C)(C)[O-])s1. The summed E-state index contributed by atoms with van der Waals surface area (Å²) in [5.41, 5.74) is 4.72. The van der Waals surface area contributed by atoms with Gasteiger partial charge in [-0.2, -0.15) is 10.4 Å². The lowest BCUT2D eigenvalue weighted by molar-refractivity contribution is -0.839. The molecule has 2 fully saturated rings. The molecule has 224 valence electrons. The zero-order valence-corrected chi connectivity index (χ0v) is 25.6. The minimum atomic E-state index is -0.463. The van der Waals surface area contributed by atoms with Crippen molar-refractivity contribution >= 4 is 33.6 Å². The Morgan fingerprint density at radius 2 is 1.95 bits per heavy atom. The summed E-state index contributed by atoms with van der Waals surface area (Å²) >= 11 is 1.55. The van der Waals surface area contributed by atoms with E-state index >= 15 is 0 Å². The summed E-state index contributed by atoms with van der Waals surface area (Å²) in [4.78, 5) is 19.6. The topological polar surface area (TPSA) is 147 Å². The van der Waals surface area contributed by atoms with Gasteiger partial charge < -0.3 is 25.4 Å². The molecule has 0 aromatic carbocycles. The molecule has 2 aliphatic rings. The van der Waals surface area contributed by atoms with E-state index < -0.39 is 4.65 Å². The number of aromatic nitrogens is 5. The second-order valence-corrected chi connectivity index (χ2v) is 13.3. The molecule has 3 atom stereocenters. The lowest BCUT2D eigenvalue weighted by Crippen LogP contribution is -2.53. The second-order valence-electron chi connectivity index (χ2n) is 12.4. The summed E-state index contributed by atoms with van der Waals surface area (Å²) < 4.78 is 1.32. The number of hydrogen-bond acceptors (Lipinski definition) is 10. The van der Waals surface area contributed by atoms with Crippen molar-refractivity contribution in [2.24, 2.45) is 11.8 Å². The van der Waals surface area contributed by atoms with Crippen LogP contribution in [-0.2, 0) is 4.79 Å². The Hall–Kier alpha value is -4.12. The molecule has 12 nitrogen and oxygen atoms in total. The van der Waals surface area contributed by atoms with Crippen LogP contribution in [0.25, 0.3) is 27.5 Å². The van der Waals surface area contributed by atoms with E-state index in [0.717, 1.165) is 64.2 Å². The summed E-state index contributed by atoms with van der Waals surface area (Å²) in [5.74, 6) is 0.657. The molecule has 5 heterocycles. The van der Waals surface area contributed by atoms with E-state index in [1.54, 1.807) is 42.2 Å². The van der Waals surface area contributed by atoms with Gasteiger partial charge in [0.25, 0.3) is 0 Å². The van der Waals surface area contributed by atoms with Crippen LogP contribution >= 0.6 is 11.3 Å². The number of quaternary nitrogens is 1. The molecule has 4 aromatic heterocycles. The molecule has 2 bridgehead atoms. The van der Waals surface area contributed by atoms with Crippen molar-refractivity contribution in [2.75, 3.05) is 43.9 Å². The van der Waals surface area contributed by atoms with E-state index in [4.69, 9.17) is 4.98 Å². The minimum absolute atomic E-state index is 0.0347. The van der Waals surface area contributed by atoms with E-state index in [-0.39, 0.29) is 31.0 Å².